The van der Waals surface area contributed by atoms with E-state index in [0.29, 0.717) is 43.3 Å². The number of esters is 2. The highest BCUT2D eigenvalue weighted by molar-refractivity contribution is 7.09. The number of fused-ring (bicyclic) bond motifs is 1. The Morgan fingerprint density at radius 3 is 2.48 bits per heavy atom. The first kappa shape index (κ1) is 42.6. The third-order valence-corrected chi connectivity index (χ3v) is 10.5. The number of morpholine rings is 1. The Balaban J connectivity index is 1.01. The number of carbonyl (C=O) groups excluding carboxylic acids is 3. The highest BCUT2D eigenvalue weighted by Gasteiger charge is 2.44. The van der Waals surface area contributed by atoms with E-state index in [1.807, 2.05) is 11.8 Å². The lowest BCUT2D eigenvalue weighted by atomic mass is 9.89. The van der Waals surface area contributed by atoms with Gasteiger partial charge in [-0.3, -0.25) is 9.59 Å². The average molecular weight is 840 g/mol. The Bertz CT molecular complexity index is 2170. The number of ether oxygens (including phenoxy) is 4. The largest absolute Gasteiger partial charge is 0.494 e. The van der Waals surface area contributed by atoms with E-state index in [9.17, 15) is 45.5 Å². The van der Waals surface area contributed by atoms with Crippen LogP contribution in [0.25, 0.3) is 10.9 Å². The molecule has 4 aromatic rings. The van der Waals surface area contributed by atoms with Crippen LogP contribution in [0.3, 0.4) is 0 Å². The lowest BCUT2D eigenvalue weighted by molar-refractivity contribution is -0.205. The molecule has 0 unspecified atom stereocenters. The normalized spacial score (nSPS) is 16.6. The van der Waals surface area contributed by atoms with E-state index in [1.54, 1.807) is 29.6 Å². The number of H-pyrrole nitrogens is 1. The van der Waals surface area contributed by atoms with Crippen molar-refractivity contribution in [1.82, 2.24) is 25.1 Å². The van der Waals surface area contributed by atoms with Crippen molar-refractivity contribution in [2.75, 3.05) is 52.5 Å². The summed E-state index contributed by atoms with van der Waals surface area (Å²) in [6.45, 7) is 5.90. The number of thiazole rings is 1. The lowest BCUT2D eigenvalue weighted by Crippen LogP contribution is -2.58. The summed E-state index contributed by atoms with van der Waals surface area (Å²) >= 11 is 1.45. The summed E-state index contributed by atoms with van der Waals surface area (Å²) in [6.07, 6.45) is -10.1. The smallest absolute Gasteiger partial charge is 0.491 e. The van der Waals surface area contributed by atoms with Gasteiger partial charge in [-0.2, -0.15) is 26.3 Å². The van der Waals surface area contributed by atoms with Gasteiger partial charge in [0.15, 0.2) is 5.75 Å². The molecule has 0 bridgehead atoms. The number of likely N-dealkylation sites (tertiary alicyclic amines) is 1. The van der Waals surface area contributed by atoms with Gasteiger partial charge in [0.2, 0.25) is 5.56 Å². The molecule has 2 saturated heterocycles. The number of alkyl halides is 6. The number of rotatable bonds is 13. The van der Waals surface area contributed by atoms with Crippen LogP contribution >= 0.6 is 11.3 Å². The van der Waals surface area contributed by atoms with Crippen LogP contribution in [0.1, 0.15) is 52.0 Å². The Kier molecular flexibility index (Phi) is 13.1. The number of hydrogen-bond acceptors (Lipinski definition) is 12. The Morgan fingerprint density at radius 2 is 1.78 bits per heavy atom. The summed E-state index contributed by atoms with van der Waals surface area (Å²) in [4.78, 5) is 59.3. The van der Waals surface area contributed by atoms with Crippen LogP contribution in [0.5, 0.6) is 11.5 Å². The van der Waals surface area contributed by atoms with Crippen molar-refractivity contribution in [1.29, 1.82) is 0 Å². The molecule has 2 aliphatic heterocycles. The molecule has 2 aromatic carbocycles. The van der Waals surface area contributed by atoms with Crippen LogP contribution < -0.4 is 20.3 Å². The zero-order valence-corrected chi connectivity index (χ0v) is 31.9. The van der Waals surface area contributed by atoms with Gasteiger partial charge in [-0.25, -0.2) is 14.6 Å². The van der Waals surface area contributed by atoms with Gasteiger partial charge >= 0.3 is 24.3 Å². The monoisotopic (exact) mass is 839 g/mol. The number of carbonyl (C=O) groups is 3. The molecule has 2 aliphatic rings. The molecule has 0 radical (unpaired) electrons. The van der Waals surface area contributed by atoms with E-state index >= 15 is 0 Å². The summed E-state index contributed by atoms with van der Waals surface area (Å²) in [5.41, 5.74) is -0.585. The van der Waals surface area contributed by atoms with Gasteiger partial charge < -0.3 is 39.0 Å². The fourth-order valence-corrected chi connectivity index (χ4v) is 7.47. The fourth-order valence-electron chi connectivity index (χ4n) is 6.88. The zero-order chi connectivity index (χ0) is 41.7. The third-order valence-electron chi connectivity index (χ3n) is 9.74. The minimum Gasteiger partial charge on any atom is -0.494 e. The second-order valence-corrected chi connectivity index (χ2v) is 14.9. The Hall–Kier alpha value is -5.05. The summed E-state index contributed by atoms with van der Waals surface area (Å²) in [6, 6.07) is 10.9. The number of amides is 1. The van der Waals surface area contributed by atoms with Gasteiger partial charge in [0.25, 0.3) is 5.91 Å². The SMILES string of the molecule is Cc1nc(C(=O)N2CCOC3(CCN(CCCOc4cccc(CNC[C@H](OC(=O)C(F)(F)F)c5ccc(OC(=O)C(F)(F)F)c6[nH]c(=O)ccc56)c4)CC3)C2)cs1. The van der Waals surface area contributed by atoms with Crippen LogP contribution in [0.2, 0.25) is 0 Å². The first-order valence-electron chi connectivity index (χ1n) is 18.2. The number of piperidine rings is 1. The summed E-state index contributed by atoms with van der Waals surface area (Å²) < 4.78 is 100. The lowest BCUT2D eigenvalue weighted by Gasteiger charge is -2.47. The number of aryl methyl sites for hydroxylation is 1. The molecule has 6 rings (SSSR count). The molecule has 0 aliphatic carbocycles. The average Bonchev–Trinajstić information content (AvgIpc) is 3.62. The van der Waals surface area contributed by atoms with E-state index in [0.717, 1.165) is 68.2 Å². The predicted octanol–water partition coefficient (Wildman–Crippen LogP) is 5.47. The standard InChI is InChI=1S/C38H39F6N5O8S/c1-23-46-28(21-58-23)33(51)49-15-17-55-36(22-49)10-13-48(14-11-36)12-3-16-54-25-5-2-4-24(18-25)19-45-20-30(57-35(53)38(42,43)44)26-6-8-29(56-34(52)37(39,40)41)32-27(26)7-9-31(50)47-32/h2,4-9,18,21,30,45H,3,10-17,19-20,22H2,1H3,(H,47,50)/t30-/m0/s1. The first-order valence-corrected chi connectivity index (χ1v) is 19.1. The van der Waals surface area contributed by atoms with E-state index in [4.69, 9.17) is 14.2 Å². The number of aromatic amines is 1. The minimum absolute atomic E-state index is 0.0688. The van der Waals surface area contributed by atoms with Crippen molar-refractivity contribution in [3.63, 3.8) is 0 Å². The van der Waals surface area contributed by atoms with Crippen LogP contribution in [-0.4, -0.2) is 108 Å². The van der Waals surface area contributed by atoms with Crippen molar-refractivity contribution in [3.05, 3.63) is 86.1 Å². The highest BCUT2D eigenvalue weighted by atomic mass is 32.1. The molecule has 58 heavy (non-hydrogen) atoms. The molecule has 2 fully saturated rings. The van der Waals surface area contributed by atoms with Crippen LogP contribution in [0.4, 0.5) is 26.3 Å². The maximum atomic E-state index is 13.3. The molecule has 2 aromatic heterocycles. The van der Waals surface area contributed by atoms with Gasteiger partial charge in [-0.05, 0) is 56.0 Å². The minimum atomic E-state index is -5.38. The molecule has 2 N–H and O–H groups in total. The van der Waals surface area contributed by atoms with Crippen molar-refractivity contribution in [2.24, 2.45) is 0 Å². The summed E-state index contributed by atoms with van der Waals surface area (Å²) in [5, 5.41) is 5.44. The summed E-state index contributed by atoms with van der Waals surface area (Å²) in [5.74, 6) is -5.35. The van der Waals surface area contributed by atoms with Crippen LogP contribution in [0, 0.1) is 6.92 Å². The highest BCUT2D eigenvalue weighted by Crippen LogP contribution is 2.34. The molecule has 4 heterocycles. The van der Waals surface area contributed by atoms with Crippen molar-refractivity contribution in [3.8, 4) is 11.5 Å². The first-order chi connectivity index (χ1) is 27.5. The van der Waals surface area contributed by atoms with Crippen LogP contribution in [0.15, 0.2) is 58.7 Å². The Labute approximate surface area is 331 Å². The third kappa shape index (κ3) is 10.7. The second-order valence-electron chi connectivity index (χ2n) is 13.9. The molecule has 13 nitrogen and oxygen atoms in total. The quantitative estimate of drug-likeness (QED) is 0.0763. The van der Waals surface area contributed by atoms with Crippen molar-refractivity contribution in [2.45, 2.75) is 56.8 Å². The number of nitrogens with zero attached hydrogens (tertiary/aromatic N) is 3. The number of halogens is 6. The predicted molar refractivity (Wildman–Crippen MR) is 197 cm³/mol. The van der Waals surface area contributed by atoms with Crippen molar-refractivity contribution >= 4 is 40.1 Å². The van der Waals surface area contributed by atoms with Gasteiger partial charge in [0, 0.05) is 61.7 Å². The van der Waals surface area contributed by atoms with E-state index in [-0.39, 0.29) is 29.0 Å². The zero-order valence-electron chi connectivity index (χ0n) is 31.0. The molecule has 1 atom stereocenters. The van der Waals surface area contributed by atoms with E-state index in [2.05, 4.69) is 24.9 Å². The summed E-state index contributed by atoms with van der Waals surface area (Å²) in [7, 11) is 0. The number of pyridine rings is 1. The van der Waals surface area contributed by atoms with Gasteiger partial charge in [0.05, 0.1) is 35.9 Å². The van der Waals surface area contributed by atoms with Gasteiger partial charge in [0.1, 0.15) is 17.5 Å². The maximum absolute atomic E-state index is 13.3. The number of benzene rings is 2. The molecule has 20 heteroatoms. The van der Waals surface area contributed by atoms with Gasteiger partial charge in [-0.15, -0.1) is 11.3 Å². The maximum Gasteiger partial charge on any atom is 0.491 e. The van der Waals surface area contributed by atoms with E-state index < -0.39 is 53.8 Å². The van der Waals surface area contributed by atoms with Gasteiger partial charge in [-0.1, -0.05) is 18.2 Å². The molecular formula is C38H39F6N5O8S. The number of hydrogen-bond donors (Lipinski definition) is 2. The molecule has 312 valence electrons. The fraction of sp³-hybridized carbons (Fsp3) is 0.447. The van der Waals surface area contributed by atoms with Crippen molar-refractivity contribution < 1.29 is 59.7 Å². The molecular weight excluding hydrogens is 800 g/mol. The van der Waals surface area contributed by atoms with Crippen LogP contribution in [-0.2, 0) is 25.6 Å². The molecule has 1 spiro atoms. The number of nitrogens with one attached hydrogen (secondary N) is 2. The Morgan fingerprint density at radius 1 is 1.02 bits per heavy atom. The molecule has 1 amide bonds. The topological polar surface area (TPSA) is 152 Å². The molecule has 0 saturated carbocycles. The van der Waals surface area contributed by atoms with E-state index in [1.165, 1.54) is 11.3 Å². The number of aromatic nitrogens is 2. The second kappa shape index (κ2) is 17.8.